The highest BCUT2D eigenvalue weighted by molar-refractivity contribution is 14.0. The van der Waals surface area contributed by atoms with Gasteiger partial charge in [0.05, 0.1) is 0 Å². The lowest BCUT2D eigenvalue weighted by molar-refractivity contribution is 0.325. The Hall–Kier alpha value is 0. The van der Waals surface area contributed by atoms with E-state index < -0.39 is 0 Å². The summed E-state index contributed by atoms with van der Waals surface area (Å²) in [6, 6.07) is 0.671. The van der Waals surface area contributed by atoms with E-state index in [0.717, 1.165) is 30.9 Å². The summed E-state index contributed by atoms with van der Waals surface area (Å²) in [7, 11) is 0. The molecule has 4 heteroatoms. The summed E-state index contributed by atoms with van der Waals surface area (Å²) in [5.41, 5.74) is 0. The van der Waals surface area contributed by atoms with Crippen molar-refractivity contribution in [3.63, 3.8) is 0 Å². The SMILES string of the molecule is CCNC(=NCC1CCC1)NC1CC1C.I. The Morgan fingerprint density at radius 3 is 2.50 bits per heavy atom. The lowest BCUT2D eigenvalue weighted by atomic mass is 9.86. The monoisotopic (exact) mass is 337 g/mol. The lowest BCUT2D eigenvalue weighted by Gasteiger charge is -2.23. The van der Waals surface area contributed by atoms with Crippen molar-refractivity contribution >= 4 is 29.9 Å². The highest BCUT2D eigenvalue weighted by Gasteiger charge is 2.33. The molecule has 0 aromatic rings. The molecular formula is C12H24IN3. The summed E-state index contributed by atoms with van der Waals surface area (Å²) in [4.78, 5) is 4.64. The Balaban J connectivity index is 0.00000128. The minimum Gasteiger partial charge on any atom is -0.357 e. The van der Waals surface area contributed by atoms with E-state index in [1.807, 2.05) is 0 Å². The van der Waals surface area contributed by atoms with Gasteiger partial charge >= 0.3 is 0 Å². The van der Waals surface area contributed by atoms with E-state index in [4.69, 9.17) is 0 Å². The molecule has 0 heterocycles. The van der Waals surface area contributed by atoms with Crippen molar-refractivity contribution in [3.8, 4) is 0 Å². The predicted molar refractivity (Wildman–Crippen MR) is 79.4 cm³/mol. The lowest BCUT2D eigenvalue weighted by Crippen LogP contribution is -2.39. The van der Waals surface area contributed by atoms with Gasteiger partial charge < -0.3 is 10.6 Å². The molecule has 2 atom stereocenters. The highest BCUT2D eigenvalue weighted by atomic mass is 127. The molecule has 0 radical (unpaired) electrons. The molecule has 2 aliphatic carbocycles. The van der Waals surface area contributed by atoms with Gasteiger partial charge in [-0.2, -0.15) is 0 Å². The molecule has 2 saturated carbocycles. The second-order valence-corrected chi connectivity index (χ2v) is 4.98. The van der Waals surface area contributed by atoms with Crippen molar-refractivity contribution in [2.24, 2.45) is 16.8 Å². The van der Waals surface area contributed by atoms with E-state index in [1.54, 1.807) is 0 Å². The van der Waals surface area contributed by atoms with Gasteiger partial charge in [-0.25, -0.2) is 0 Å². The summed E-state index contributed by atoms with van der Waals surface area (Å²) >= 11 is 0. The fourth-order valence-corrected chi connectivity index (χ4v) is 1.91. The van der Waals surface area contributed by atoms with Crippen LogP contribution in [0.1, 0.15) is 39.5 Å². The van der Waals surface area contributed by atoms with Gasteiger partial charge in [0.1, 0.15) is 0 Å². The first-order valence-electron chi connectivity index (χ1n) is 6.34. The minimum absolute atomic E-state index is 0. The topological polar surface area (TPSA) is 36.4 Å². The first-order valence-corrected chi connectivity index (χ1v) is 6.34. The van der Waals surface area contributed by atoms with Crippen molar-refractivity contribution in [1.29, 1.82) is 0 Å². The number of halogens is 1. The van der Waals surface area contributed by atoms with Crippen LogP contribution in [0, 0.1) is 11.8 Å². The molecule has 0 bridgehead atoms. The van der Waals surface area contributed by atoms with Gasteiger partial charge in [-0.15, -0.1) is 24.0 Å². The van der Waals surface area contributed by atoms with Crippen LogP contribution >= 0.6 is 24.0 Å². The fraction of sp³-hybridized carbons (Fsp3) is 0.917. The summed E-state index contributed by atoms with van der Waals surface area (Å²) in [6.45, 7) is 6.37. The van der Waals surface area contributed by atoms with Crippen LogP contribution in [-0.4, -0.2) is 25.1 Å². The number of rotatable bonds is 4. The van der Waals surface area contributed by atoms with E-state index in [0.29, 0.717) is 6.04 Å². The Morgan fingerprint density at radius 2 is 2.06 bits per heavy atom. The maximum absolute atomic E-state index is 4.64. The smallest absolute Gasteiger partial charge is 0.191 e. The van der Waals surface area contributed by atoms with Gasteiger partial charge in [-0.05, 0) is 38.0 Å². The van der Waals surface area contributed by atoms with Crippen molar-refractivity contribution in [3.05, 3.63) is 0 Å². The van der Waals surface area contributed by atoms with E-state index in [-0.39, 0.29) is 24.0 Å². The highest BCUT2D eigenvalue weighted by Crippen LogP contribution is 2.29. The zero-order chi connectivity index (χ0) is 10.7. The molecule has 2 unspecified atom stereocenters. The summed E-state index contributed by atoms with van der Waals surface area (Å²) in [6.07, 6.45) is 5.46. The van der Waals surface area contributed by atoms with Crippen molar-refractivity contribution in [1.82, 2.24) is 10.6 Å². The van der Waals surface area contributed by atoms with Crippen LogP contribution in [0.2, 0.25) is 0 Å². The molecule has 0 aliphatic heterocycles. The van der Waals surface area contributed by atoms with Crippen LogP contribution in [0.25, 0.3) is 0 Å². The van der Waals surface area contributed by atoms with E-state index >= 15 is 0 Å². The second-order valence-electron chi connectivity index (χ2n) is 4.98. The Morgan fingerprint density at radius 1 is 1.38 bits per heavy atom. The van der Waals surface area contributed by atoms with E-state index in [9.17, 15) is 0 Å². The fourth-order valence-electron chi connectivity index (χ4n) is 1.91. The molecule has 3 nitrogen and oxygen atoms in total. The van der Waals surface area contributed by atoms with Gasteiger partial charge in [0.25, 0.3) is 0 Å². The normalized spacial score (nSPS) is 29.0. The molecule has 94 valence electrons. The van der Waals surface area contributed by atoms with E-state index in [2.05, 4.69) is 29.5 Å². The predicted octanol–water partition coefficient (Wildman–Crippen LogP) is 2.37. The average molecular weight is 337 g/mol. The molecule has 2 fully saturated rings. The van der Waals surface area contributed by atoms with Crippen molar-refractivity contribution < 1.29 is 0 Å². The van der Waals surface area contributed by atoms with Crippen LogP contribution in [0.15, 0.2) is 4.99 Å². The zero-order valence-corrected chi connectivity index (χ0v) is 12.7. The third kappa shape index (κ3) is 4.11. The van der Waals surface area contributed by atoms with Gasteiger partial charge in [-0.3, -0.25) is 4.99 Å². The Bertz CT molecular complexity index is 238. The maximum Gasteiger partial charge on any atom is 0.191 e. The number of aliphatic imine (C=N–C) groups is 1. The minimum atomic E-state index is 0. The van der Waals surface area contributed by atoms with Crippen molar-refractivity contribution in [2.45, 2.75) is 45.6 Å². The second kappa shape index (κ2) is 6.67. The molecule has 2 N–H and O–H groups in total. The standard InChI is InChI=1S/C12H23N3.HI/c1-3-13-12(15-11-7-9(11)2)14-8-10-5-4-6-10;/h9-11H,3-8H2,1-2H3,(H2,13,14,15);1H. The van der Waals surface area contributed by atoms with Crippen LogP contribution in [-0.2, 0) is 0 Å². The van der Waals surface area contributed by atoms with Crippen LogP contribution in [0.4, 0.5) is 0 Å². The van der Waals surface area contributed by atoms with Crippen LogP contribution in [0.5, 0.6) is 0 Å². The molecular weight excluding hydrogens is 313 g/mol. The molecule has 2 aliphatic rings. The van der Waals surface area contributed by atoms with E-state index in [1.165, 1.54) is 25.7 Å². The molecule has 0 aromatic carbocycles. The van der Waals surface area contributed by atoms with Crippen molar-refractivity contribution in [2.75, 3.05) is 13.1 Å². The number of nitrogens with one attached hydrogen (secondary N) is 2. The summed E-state index contributed by atoms with van der Waals surface area (Å²) in [5, 5.41) is 6.80. The third-order valence-electron chi connectivity index (χ3n) is 3.51. The van der Waals surface area contributed by atoms with Gasteiger partial charge in [-0.1, -0.05) is 13.3 Å². The zero-order valence-electron chi connectivity index (χ0n) is 10.3. The first-order chi connectivity index (χ1) is 7.29. The molecule has 0 amide bonds. The molecule has 0 spiro atoms. The number of nitrogens with zero attached hydrogens (tertiary/aromatic N) is 1. The Kier molecular flexibility index (Phi) is 5.86. The van der Waals surface area contributed by atoms with Gasteiger partial charge in [0, 0.05) is 19.1 Å². The van der Waals surface area contributed by atoms with Crippen LogP contribution in [0.3, 0.4) is 0 Å². The third-order valence-corrected chi connectivity index (χ3v) is 3.51. The Labute approximate surface area is 116 Å². The quantitative estimate of drug-likeness (QED) is 0.469. The number of hydrogen-bond acceptors (Lipinski definition) is 1. The molecule has 0 aromatic heterocycles. The molecule has 0 saturated heterocycles. The van der Waals surface area contributed by atoms with Gasteiger partial charge in [0.2, 0.25) is 0 Å². The largest absolute Gasteiger partial charge is 0.357 e. The average Bonchev–Trinajstić information content (AvgIpc) is 2.79. The maximum atomic E-state index is 4.64. The summed E-state index contributed by atoms with van der Waals surface area (Å²) in [5.74, 6) is 2.72. The molecule has 16 heavy (non-hydrogen) atoms. The molecule has 2 rings (SSSR count). The van der Waals surface area contributed by atoms with Gasteiger partial charge in [0.15, 0.2) is 5.96 Å². The van der Waals surface area contributed by atoms with Crippen LogP contribution < -0.4 is 10.6 Å². The number of guanidine groups is 1. The first kappa shape index (κ1) is 14.1. The number of hydrogen-bond donors (Lipinski definition) is 2. The summed E-state index contributed by atoms with van der Waals surface area (Å²) < 4.78 is 0.